The number of urea groups is 1. The Kier molecular flexibility index (Phi) is 11.1. The molecule has 0 saturated carbocycles. The zero-order valence-electron chi connectivity index (χ0n) is 25.4. The van der Waals surface area contributed by atoms with Gasteiger partial charge in [-0.1, -0.05) is 54.6 Å². The maximum atomic E-state index is 13.8. The number of aliphatic hydroxyl groups excluding tert-OH is 1. The Bertz CT molecular complexity index is 1400. The minimum Gasteiger partial charge on any atom is -0.497 e. The number of benzene rings is 3. The number of carbonyl (C=O) groups is 3. The molecule has 1 heterocycles. The average Bonchev–Trinajstić information content (AvgIpc) is 3.37. The van der Waals surface area contributed by atoms with Crippen molar-refractivity contribution in [3.05, 3.63) is 95.6 Å². The van der Waals surface area contributed by atoms with Crippen LogP contribution in [0.4, 0.5) is 4.79 Å². The number of ether oxygens (including phenoxy) is 2. The van der Waals surface area contributed by atoms with Crippen LogP contribution in [0, 0.1) is 0 Å². The van der Waals surface area contributed by atoms with Crippen LogP contribution in [-0.2, 0) is 29.1 Å². The smallest absolute Gasteiger partial charge is 0.315 e. The Balaban J connectivity index is 1.45. The molecular weight excluding hydrogens is 580 g/mol. The highest BCUT2D eigenvalue weighted by Gasteiger charge is 2.49. The van der Waals surface area contributed by atoms with Crippen LogP contribution in [-0.4, -0.2) is 70.9 Å². The maximum absolute atomic E-state index is 13.8. The van der Waals surface area contributed by atoms with Gasteiger partial charge in [0, 0.05) is 17.8 Å². The first kappa shape index (κ1) is 32.7. The van der Waals surface area contributed by atoms with E-state index >= 15 is 0 Å². The molecule has 1 aliphatic rings. The van der Waals surface area contributed by atoms with Crippen LogP contribution in [0.2, 0.25) is 0 Å². The molecule has 0 unspecified atom stereocenters. The van der Waals surface area contributed by atoms with Crippen molar-refractivity contribution in [2.75, 3.05) is 20.1 Å². The van der Waals surface area contributed by atoms with Gasteiger partial charge in [0.2, 0.25) is 5.91 Å². The van der Waals surface area contributed by atoms with Crippen molar-refractivity contribution in [1.82, 2.24) is 20.9 Å². The highest BCUT2D eigenvalue weighted by molar-refractivity contribution is 8.00. The third-order valence-electron chi connectivity index (χ3n) is 7.56. The molecule has 3 aromatic carbocycles. The zero-order valence-corrected chi connectivity index (χ0v) is 26.2. The van der Waals surface area contributed by atoms with Crippen molar-refractivity contribution in [2.45, 2.75) is 56.3 Å². The Morgan fingerprint density at radius 1 is 0.864 bits per heavy atom. The lowest BCUT2D eigenvalue weighted by atomic mass is 9.97. The molecule has 1 saturated heterocycles. The van der Waals surface area contributed by atoms with Gasteiger partial charge in [0.25, 0.3) is 5.91 Å². The van der Waals surface area contributed by atoms with Gasteiger partial charge in [-0.3, -0.25) is 9.59 Å². The predicted molar refractivity (Wildman–Crippen MR) is 170 cm³/mol. The summed E-state index contributed by atoms with van der Waals surface area (Å²) < 4.78 is 9.77. The molecular formula is C33H40N4O6S. The third-order valence-corrected chi connectivity index (χ3v) is 8.94. The lowest BCUT2D eigenvalue weighted by Gasteiger charge is -2.33. The topological polar surface area (TPSA) is 129 Å². The number of nitrogens with one attached hydrogen (secondary N) is 3. The van der Waals surface area contributed by atoms with Crippen molar-refractivity contribution in [2.24, 2.45) is 0 Å². The molecule has 4 amide bonds. The summed E-state index contributed by atoms with van der Waals surface area (Å²) in [6, 6.07) is 21.6. The molecule has 0 spiro atoms. The van der Waals surface area contributed by atoms with Gasteiger partial charge < -0.3 is 35.4 Å². The second-order valence-electron chi connectivity index (χ2n) is 11.1. The van der Waals surface area contributed by atoms with E-state index in [-0.39, 0.29) is 31.3 Å². The molecule has 0 aromatic heterocycles. The van der Waals surface area contributed by atoms with Crippen LogP contribution in [0.25, 0.3) is 0 Å². The molecule has 1 aliphatic heterocycles. The summed E-state index contributed by atoms with van der Waals surface area (Å²) in [7, 11) is 3.17. The first-order chi connectivity index (χ1) is 21.1. The molecule has 4 rings (SSSR count). The minimum absolute atomic E-state index is 0.211. The minimum atomic E-state index is -1.59. The summed E-state index contributed by atoms with van der Waals surface area (Å²) in [5, 5.41) is 19.9. The van der Waals surface area contributed by atoms with E-state index in [0.29, 0.717) is 11.5 Å². The number of aliphatic hydroxyl groups is 1. The Morgan fingerprint density at radius 3 is 1.95 bits per heavy atom. The van der Waals surface area contributed by atoms with Gasteiger partial charge >= 0.3 is 6.03 Å². The monoisotopic (exact) mass is 620 g/mol. The quantitative estimate of drug-likeness (QED) is 0.244. The number of methoxy groups -OCH3 is 2. The third kappa shape index (κ3) is 8.45. The molecule has 234 valence electrons. The summed E-state index contributed by atoms with van der Waals surface area (Å²) >= 11 is 1.46. The van der Waals surface area contributed by atoms with E-state index in [1.807, 2.05) is 80.6 Å². The number of carbonyl (C=O) groups excluding carboxylic acids is 3. The second-order valence-corrected chi connectivity index (χ2v) is 12.7. The van der Waals surface area contributed by atoms with Gasteiger partial charge in [0.1, 0.15) is 17.5 Å². The Labute approximate surface area is 262 Å². The molecule has 11 heteroatoms. The number of rotatable bonds is 12. The van der Waals surface area contributed by atoms with Crippen LogP contribution >= 0.6 is 11.8 Å². The molecule has 0 bridgehead atoms. The fraction of sp³-hybridized carbons (Fsp3) is 0.364. The fourth-order valence-electron chi connectivity index (χ4n) is 5.04. The largest absolute Gasteiger partial charge is 0.497 e. The van der Waals surface area contributed by atoms with E-state index in [4.69, 9.17) is 9.47 Å². The SMILES string of the molecule is COc1ccc(CNC(=O)N[C@@H](Cc2ccccc2)[C@H](O)C(=O)N2CSC(C)(C)[C@H]2C(=O)NCc2ccc(OC)cc2)cc1. The number of hydrogen-bond donors (Lipinski definition) is 4. The van der Waals surface area contributed by atoms with E-state index in [1.165, 1.54) is 16.7 Å². The highest BCUT2D eigenvalue weighted by Crippen LogP contribution is 2.40. The standard InChI is InChI=1S/C33H40N4O6S/c1-33(2)29(30(39)34-19-23-10-14-25(42-3)15-11-23)37(21-44-33)31(40)28(38)27(18-22-8-6-5-7-9-22)36-32(41)35-20-24-12-16-26(43-4)17-13-24/h5-17,27-29,38H,18-21H2,1-4H3,(H,34,39)(H2,35,36,41)/t27-,28-,29+/m0/s1. The summed E-state index contributed by atoms with van der Waals surface area (Å²) in [5.41, 5.74) is 2.58. The molecule has 44 heavy (non-hydrogen) atoms. The van der Waals surface area contributed by atoms with Crippen molar-refractivity contribution < 1.29 is 29.0 Å². The fourth-order valence-corrected chi connectivity index (χ4v) is 6.18. The Morgan fingerprint density at radius 2 is 1.41 bits per heavy atom. The van der Waals surface area contributed by atoms with Crippen LogP contribution in [0.3, 0.4) is 0 Å². The van der Waals surface area contributed by atoms with E-state index in [1.54, 1.807) is 26.4 Å². The Hall–Kier alpha value is -4.22. The van der Waals surface area contributed by atoms with E-state index in [0.717, 1.165) is 16.7 Å². The number of nitrogens with zero attached hydrogens (tertiary/aromatic N) is 1. The van der Waals surface area contributed by atoms with Crippen LogP contribution < -0.4 is 25.4 Å². The van der Waals surface area contributed by atoms with Crippen molar-refractivity contribution in [3.63, 3.8) is 0 Å². The van der Waals surface area contributed by atoms with E-state index in [2.05, 4.69) is 16.0 Å². The van der Waals surface area contributed by atoms with Gasteiger partial charge in [0.15, 0.2) is 6.10 Å². The molecule has 0 radical (unpaired) electrons. The normalized spacial score (nSPS) is 16.8. The lowest BCUT2D eigenvalue weighted by molar-refractivity contribution is -0.147. The van der Waals surface area contributed by atoms with Gasteiger partial charge in [-0.25, -0.2) is 4.79 Å². The van der Waals surface area contributed by atoms with E-state index in [9.17, 15) is 19.5 Å². The van der Waals surface area contributed by atoms with Gasteiger partial charge in [-0.15, -0.1) is 11.8 Å². The van der Waals surface area contributed by atoms with E-state index < -0.39 is 34.9 Å². The number of amides is 4. The molecule has 0 aliphatic carbocycles. The van der Waals surface area contributed by atoms with Crippen molar-refractivity contribution in [3.8, 4) is 11.5 Å². The van der Waals surface area contributed by atoms with Crippen LogP contribution in [0.5, 0.6) is 11.5 Å². The summed E-state index contributed by atoms with van der Waals surface area (Å²) in [6.07, 6.45) is -1.38. The van der Waals surface area contributed by atoms with Crippen LogP contribution in [0.15, 0.2) is 78.9 Å². The van der Waals surface area contributed by atoms with Crippen molar-refractivity contribution >= 4 is 29.6 Å². The van der Waals surface area contributed by atoms with Crippen LogP contribution in [0.1, 0.15) is 30.5 Å². The zero-order chi connectivity index (χ0) is 31.7. The number of hydrogen-bond acceptors (Lipinski definition) is 7. The molecule has 4 N–H and O–H groups in total. The molecule has 3 aromatic rings. The summed E-state index contributed by atoms with van der Waals surface area (Å²) in [5.74, 6) is 0.710. The molecule has 3 atom stereocenters. The maximum Gasteiger partial charge on any atom is 0.315 e. The second kappa shape index (κ2) is 15.0. The highest BCUT2D eigenvalue weighted by atomic mass is 32.2. The summed E-state index contributed by atoms with van der Waals surface area (Å²) in [4.78, 5) is 41.7. The average molecular weight is 621 g/mol. The van der Waals surface area contributed by atoms with Gasteiger partial charge in [0.05, 0.1) is 26.1 Å². The number of thioether (sulfide) groups is 1. The first-order valence-corrected chi connectivity index (χ1v) is 15.3. The summed E-state index contributed by atoms with van der Waals surface area (Å²) in [6.45, 7) is 4.32. The molecule has 1 fully saturated rings. The van der Waals surface area contributed by atoms with Crippen molar-refractivity contribution in [1.29, 1.82) is 0 Å². The predicted octanol–water partition coefficient (Wildman–Crippen LogP) is 3.47. The van der Waals surface area contributed by atoms with Gasteiger partial charge in [-0.2, -0.15) is 0 Å². The molecule has 10 nitrogen and oxygen atoms in total. The first-order valence-electron chi connectivity index (χ1n) is 14.4. The van der Waals surface area contributed by atoms with Gasteiger partial charge in [-0.05, 0) is 61.2 Å². The lowest BCUT2D eigenvalue weighted by Crippen LogP contribution is -2.59.